The van der Waals surface area contributed by atoms with Gasteiger partial charge < -0.3 is 4.42 Å². The van der Waals surface area contributed by atoms with E-state index < -0.39 is 11.8 Å². The van der Waals surface area contributed by atoms with E-state index in [9.17, 15) is 9.59 Å². The molecule has 2 aromatic rings. The Morgan fingerprint density at radius 1 is 1.15 bits per heavy atom. The highest BCUT2D eigenvalue weighted by Crippen LogP contribution is 2.12. The minimum atomic E-state index is -0.515. The van der Waals surface area contributed by atoms with Crippen LogP contribution in [-0.4, -0.2) is 11.8 Å². The van der Waals surface area contributed by atoms with Gasteiger partial charge in [-0.15, -0.1) is 0 Å². The minimum Gasteiger partial charge on any atom is -0.459 e. The molecule has 1 aromatic heterocycles. The summed E-state index contributed by atoms with van der Waals surface area (Å²) in [5.41, 5.74) is 5.37. The van der Waals surface area contributed by atoms with Crippen molar-refractivity contribution < 1.29 is 14.0 Å². The van der Waals surface area contributed by atoms with Crippen molar-refractivity contribution in [2.75, 3.05) is 0 Å². The number of carbonyl (C=O) groups excluding carboxylic acids is 2. The molecule has 1 heterocycles. The summed E-state index contributed by atoms with van der Waals surface area (Å²) in [6.07, 6.45) is 4.34. The normalized spacial score (nSPS) is 10.4. The van der Waals surface area contributed by atoms with E-state index >= 15 is 0 Å². The van der Waals surface area contributed by atoms with Gasteiger partial charge in [0.15, 0.2) is 5.76 Å². The number of hydrogen-bond acceptors (Lipinski definition) is 3. The third-order valence-electron chi connectivity index (χ3n) is 2.32. The van der Waals surface area contributed by atoms with E-state index in [1.165, 1.54) is 18.4 Å². The van der Waals surface area contributed by atoms with Gasteiger partial charge in [-0.2, -0.15) is 0 Å². The van der Waals surface area contributed by atoms with Gasteiger partial charge in [0.1, 0.15) is 0 Å². The molecular formula is C14H11BrN2O3. The van der Waals surface area contributed by atoms with Crippen LogP contribution in [0.1, 0.15) is 16.1 Å². The molecule has 0 aliphatic heterocycles. The molecule has 0 atom stereocenters. The Labute approximate surface area is 123 Å². The van der Waals surface area contributed by atoms with Crippen LogP contribution in [0.5, 0.6) is 0 Å². The first-order valence-corrected chi connectivity index (χ1v) is 6.52. The molecule has 2 N–H and O–H groups in total. The van der Waals surface area contributed by atoms with E-state index in [1.54, 1.807) is 12.1 Å². The summed E-state index contributed by atoms with van der Waals surface area (Å²) in [7, 11) is 0. The van der Waals surface area contributed by atoms with E-state index in [-0.39, 0.29) is 5.76 Å². The van der Waals surface area contributed by atoms with Gasteiger partial charge in [0.05, 0.1) is 6.26 Å². The summed E-state index contributed by atoms with van der Waals surface area (Å²) >= 11 is 3.34. The lowest BCUT2D eigenvalue weighted by Crippen LogP contribution is -2.40. The maximum atomic E-state index is 11.5. The maximum absolute atomic E-state index is 11.5. The monoisotopic (exact) mass is 334 g/mol. The first-order valence-electron chi connectivity index (χ1n) is 5.72. The van der Waals surface area contributed by atoms with E-state index in [1.807, 2.05) is 24.3 Å². The Hall–Kier alpha value is -2.34. The van der Waals surface area contributed by atoms with Gasteiger partial charge in [0.2, 0.25) is 0 Å². The van der Waals surface area contributed by atoms with E-state index in [2.05, 4.69) is 26.8 Å². The molecule has 5 nitrogen and oxygen atoms in total. The fraction of sp³-hybridized carbons (Fsp3) is 0. The quantitative estimate of drug-likeness (QED) is 0.669. The van der Waals surface area contributed by atoms with Crippen molar-refractivity contribution in [3.8, 4) is 0 Å². The molecule has 0 bridgehead atoms. The molecule has 102 valence electrons. The average Bonchev–Trinajstić information content (AvgIpc) is 2.97. The number of hydrazine groups is 1. The summed E-state index contributed by atoms with van der Waals surface area (Å²) in [4.78, 5) is 23.0. The van der Waals surface area contributed by atoms with E-state index in [0.717, 1.165) is 10.0 Å². The van der Waals surface area contributed by atoms with E-state index in [4.69, 9.17) is 4.42 Å². The van der Waals surface area contributed by atoms with Crippen LogP contribution in [0.2, 0.25) is 0 Å². The number of amides is 2. The second-order valence-electron chi connectivity index (χ2n) is 3.81. The van der Waals surface area contributed by atoms with Crippen LogP contribution in [0.25, 0.3) is 6.08 Å². The highest BCUT2D eigenvalue weighted by molar-refractivity contribution is 9.10. The number of nitrogens with one attached hydrogen (secondary N) is 2. The van der Waals surface area contributed by atoms with Gasteiger partial charge in [0, 0.05) is 10.5 Å². The number of rotatable bonds is 3. The topological polar surface area (TPSA) is 71.3 Å². The molecule has 0 aliphatic rings. The van der Waals surface area contributed by atoms with Crippen LogP contribution in [0.15, 0.2) is 57.6 Å². The molecule has 0 radical (unpaired) electrons. The van der Waals surface area contributed by atoms with Crippen LogP contribution in [0.4, 0.5) is 0 Å². The second kappa shape index (κ2) is 6.72. The fourth-order valence-electron chi connectivity index (χ4n) is 1.41. The summed E-state index contributed by atoms with van der Waals surface area (Å²) < 4.78 is 5.81. The summed E-state index contributed by atoms with van der Waals surface area (Å²) in [5, 5.41) is 0. The van der Waals surface area contributed by atoms with Crippen molar-refractivity contribution in [1.82, 2.24) is 10.9 Å². The highest BCUT2D eigenvalue weighted by atomic mass is 79.9. The van der Waals surface area contributed by atoms with Crippen molar-refractivity contribution in [3.05, 3.63) is 64.5 Å². The lowest BCUT2D eigenvalue weighted by atomic mass is 10.2. The van der Waals surface area contributed by atoms with Crippen molar-refractivity contribution in [2.24, 2.45) is 0 Å². The zero-order chi connectivity index (χ0) is 14.4. The van der Waals surface area contributed by atoms with Crippen LogP contribution in [-0.2, 0) is 4.79 Å². The first kappa shape index (κ1) is 14.1. The summed E-state index contributed by atoms with van der Waals surface area (Å²) in [6.45, 7) is 0. The molecule has 0 unspecified atom stereocenters. The second-order valence-corrected chi connectivity index (χ2v) is 4.72. The molecule has 0 fully saturated rings. The molecule has 6 heteroatoms. The zero-order valence-electron chi connectivity index (χ0n) is 10.3. The summed E-state index contributed by atoms with van der Waals surface area (Å²) in [5.74, 6) is -0.828. The Bertz CT molecular complexity index is 636. The molecule has 0 saturated heterocycles. The summed E-state index contributed by atoms with van der Waals surface area (Å²) in [6, 6.07) is 10.6. The van der Waals surface area contributed by atoms with Gasteiger partial charge >= 0.3 is 5.91 Å². The van der Waals surface area contributed by atoms with Crippen molar-refractivity contribution in [3.63, 3.8) is 0 Å². The van der Waals surface area contributed by atoms with E-state index in [0.29, 0.717) is 0 Å². The van der Waals surface area contributed by atoms with Crippen molar-refractivity contribution in [2.45, 2.75) is 0 Å². The predicted molar refractivity (Wildman–Crippen MR) is 77.5 cm³/mol. The number of hydrogen-bond donors (Lipinski definition) is 2. The third-order valence-corrected chi connectivity index (χ3v) is 2.81. The van der Waals surface area contributed by atoms with Crippen LogP contribution in [0, 0.1) is 0 Å². The van der Waals surface area contributed by atoms with Crippen LogP contribution >= 0.6 is 15.9 Å². The third kappa shape index (κ3) is 4.10. The van der Waals surface area contributed by atoms with Gasteiger partial charge in [0.25, 0.3) is 5.91 Å². The van der Waals surface area contributed by atoms with Crippen molar-refractivity contribution >= 4 is 33.8 Å². The standard InChI is InChI=1S/C14H11BrN2O3/c15-11-4-1-3-10(9-11)6-7-13(18)16-17-14(19)12-5-2-8-20-12/h1-9H,(H,16,18)(H,17,19)/b7-6+. The molecule has 20 heavy (non-hydrogen) atoms. The number of furan rings is 1. The average molecular weight is 335 g/mol. The number of carbonyl (C=O) groups is 2. The number of halogens is 1. The van der Waals surface area contributed by atoms with Gasteiger partial charge in [-0.05, 0) is 35.9 Å². The lowest BCUT2D eigenvalue weighted by Gasteiger charge is -2.02. The van der Waals surface area contributed by atoms with Crippen molar-refractivity contribution in [1.29, 1.82) is 0 Å². The molecule has 2 rings (SSSR count). The smallest absolute Gasteiger partial charge is 0.305 e. The maximum Gasteiger partial charge on any atom is 0.305 e. The SMILES string of the molecule is O=C(/C=C/c1cccc(Br)c1)NNC(=O)c1ccco1. The Morgan fingerprint density at radius 2 is 2.00 bits per heavy atom. The van der Waals surface area contributed by atoms with Gasteiger partial charge in [-0.25, -0.2) is 0 Å². The molecule has 0 spiro atoms. The lowest BCUT2D eigenvalue weighted by molar-refractivity contribution is -0.117. The Morgan fingerprint density at radius 3 is 2.70 bits per heavy atom. The fourth-order valence-corrected chi connectivity index (χ4v) is 1.83. The van der Waals surface area contributed by atoms with Crippen LogP contribution in [0.3, 0.4) is 0 Å². The number of benzene rings is 1. The first-order chi connectivity index (χ1) is 9.65. The Balaban J connectivity index is 1.85. The largest absolute Gasteiger partial charge is 0.459 e. The predicted octanol–water partition coefficient (Wildman–Crippen LogP) is 2.52. The highest BCUT2D eigenvalue weighted by Gasteiger charge is 2.07. The van der Waals surface area contributed by atoms with Gasteiger partial charge in [-0.1, -0.05) is 28.1 Å². The molecule has 0 saturated carbocycles. The molecule has 2 amide bonds. The zero-order valence-corrected chi connectivity index (χ0v) is 11.9. The minimum absolute atomic E-state index is 0.126. The molecule has 0 aliphatic carbocycles. The molecule has 1 aromatic carbocycles. The van der Waals surface area contributed by atoms with Crippen LogP contribution < -0.4 is 10.9 Å². The van der Waals surface area contributed by atoms with Gasteiger partial charge in [-0.3, -0.25) is 20.4 Å². The Kier molecular flexibility index (Phi) is 4.73. The molecular weight excluding hydrogens is 324 g/mol.